The molecule has 0 aromatic heterocycles. The monoisotopic (exact) mass is 373 g/mol. The van der Waals surface area contributed by atoms with Gasteiger partial charge in [0.15, 0.2) is 0 Å². The molecule has 0 heterocycles. The lowest BCUT2D eigenvalue weighted by atomic mass is 10.0. The maximum Gasteiger partial charge on any atom is 0.118 e. The molecule has 0 amide bonds. The fourth-order valence-electron chi connectivity index (χ4n) is 2.49. The van der Waals surface area contributed by atoms with E-state index < -0.39 is 0 Å². The predicted octanol–water partition coefficient (Wildman–Crippen LogP) is 4.80. The average molecular weight is 374 g/mol. The fraction of sp³-hybridized carbons (Fsp3) is 0.286. The molecule has 4 nitrogen and oxygen atoms in total. The van der Waals surface area contributed by atoms with Gasteiger partial charge >= 0.3 is 0 Å². The molecule has 2 aromatic carbocycles. The molecular formula is C21H28ClN3O. The first kappa shape index (κ1) is 21.7. The van der Waals surface area contributed by atoms with E-state index in [-0.39, 0.29) is 12.4 Å². The van der Waals surface area contributed by atoms with Crippen molar-refractivity contribution in [3.8, 4) is 5.75 Å². The lowest BCUT2D eigenvalue weighted by Gasteiger charge is -2.17. The number of nitrogens with one attached hydrogen (secondary N) is 1. The van der Waals surface area contributed by atoms with Gasteiger partial charge in [0, 0.05) is 12.5 Å². The molecule has 2 aromatic rings. The van der Waals surface area contributed by atoms with E-state index >= 15 is 0 Å². The van der Waals surface area contributed by atoms with Crippen molar-refractivity contribution in [3.05, 3.63) is 66.2 Å². The van der Waals surface area contributed by atoms with Gasteiger partial charge in [-0.05, 0) is 50.0 Å². The van der Waals surface area contributed by atoms with Crippen molar-refractivity contribution in [2.45, 2.75) is 6.92 Å². The van der Waals surface area contributed by atoms with E-state index in [0.29, 0.717) is 5.92 Å². The zero-order valence-electron chi connectivity index (χ0n) is 15.8. The minimum atomic E-state index is 0. The van der Waals surface area contributed by atoms with Gasteiger partial charge in [0.2, 0.25) is 0 Å². The molecule has 1 atom stereocenters. The lowest BCUT2D eigenvalue weighted by Crippen LogP contribution is -2.25. The smallest absolute Gasteiger partial charge is 0.118 e. The van der Waals surface area contributed by atoms with E-state index in [2.05, 4.69) is 48.6 Å². The Kier molecular flexibility index (Phi) is 9.48. The normalized spacial score (nSPS) is 12.7. The minimum absolute atomic E-state index is 0. The zero-order valence-corrected chi connectivity index (χ0v) is 16.7. The first-order valence-corrected chi connectivity index (χ1v) is 8.44. The second-order valence-corrected chi connectivity index (χ2v) is 6.28. The molecule has 5 heteroatoms. The van der Waals surface area contributed by atoms with Gasteiger partial charge in [0.05, 0.1) is 18.5 Å². The zero-order chi connectivity index (χ0) is 18.1. The van der Waals surface area contributed by atoms with Crippen molar-refractivity contribution in [1.29, 1.82) is 0 Å². The van der Waals surface area contributed by atoms with Gasteiger partial charge in [-0.25, -0.2) is 0 Å². The number of ether oxygens (including phenoxy) is 1. The highest BCUT2D eigenvalue weighted by Crippen LogP contribution is 2.14. The van der Waals surface area contributed by atoms with Crippen LogP contribution >= 0.6 is 12.4 Å². The fourth-order valence-corrected chi connectivity index (χ4v) is 2.49. The number of benzene rings is 2. The Morgan fingerprint density at radius 2 is 1.77 bits per heavy atom. The molecular weight excluding hydrogens is 346 g/mol. The summed E-state index contributed by atoms with van der Waals surface area (Å²) in [6.07, 6.45) is 4.16. The highest BCUT2D eigenvalue weighted by Gasteiger charge is 2.09. The number of hydrogen-bond acceptors (Lipinski definition) is 4. The Hall–Kier alpha value is -2.30. The Morgan fingerprint density at radius 3 is 2.35 bits per heavy atom. The number of hydrazone groups is 1. The molecule has 0 saturated carbocycles. The number of anilines is 1. The number of halogens is 1. The van der Waals surface area contributed by atoms with Gasteiger partial charge in [-0.1, -0.05) is 43.3 Å². The molecule has 0 aliphatic carbocycles. The van der Waals surface area contributed by atoms with Crippen molar-refractivity contribution < 1.29 is 4.74 Å². The molecule has 0 bridgehead atoms. The maximum absolute atomic E-state index is 5.20. The summed E-state index contributed by atoms with van der Waals surface area (Å²) in [5.74, 6) is 1.17. The van der Waals surface area contributed by atoms with Crippen LogP contribution in [0.5, 0.6) is 5.75 Å². The highest BCUT2D eigenvalue weighted by atomic mass is 35.5. The molecule has 140 valence electrons. The van der Waals surface area contributed by atoms with E-state index in [4.69, 9.17) is 4.74 Å². The average Bonchev–Trinajstić information content (AvgIpc) is 2.62. The predicted molar refractivity (Wildman–Crippen MR) is 114 cm³/mol. The second kappa shape index (κ2) is 11.3. The molecule has 0 fully saturated rings. The SMILES string of the molecule is COc1ccc(/C=C/C(=N/Nc2ccccc2)C(C)CN(C)C)cc1.Cl. The summed E-state index contributed by atoms with van der Waals surface area (Å²) in [6.45, 7) is 3.12. The molecule has 26 heavy (non-hydrogen) atoms. The van der Waals surface area contributed by atoms with E-state index in [0.717, 1.165) is 29.3 Å². The number of methoxy groups -OCH3 is 1. The molecule has 0 aliphatic heterocycles. The third kappa shape index (κ3) is 7.30. The third-order valence-corrected chi connectivity index (χ3v) is 3.79. The van der Waals surface area contributed by atoms with Crippen LogP contribution in [-0.2, 0) is 0 Å². The van der Waals surface area contributed by atoms with Gasteiger partial charge in [-0.2, -0.15) is 5.10 Å². The minimum Gasteiger partial charge on any atom is -0.497 e. The third-order valence-electron chi connectivity index (χ3n) is 3.79. The van der Waals surface area contributed by atoms with Crippen molar-refractivity contribution >= 4 is 29.9 Å². The van der Waals surface area contributed by atoms with Crippen molar-refractivity contribution in [3.63, 3.8) is 0 Å². The maximum atomic E-state index is 5.20. The van der Waals surface area contributed by atoms with Crippen LogP contribution in [0.15, 0.2) is 65.8 Å². The number of nitrogens with zero attached hydrogens (tertiary/aromatic N) is 2. The summed E-state index contributed by atoms with van der Waals surface area (Å²) in [7, 11) is 5.83. The van der Waals surface area contributed by atoms with E-state index in [1.165, 1.54) is 0 Å². The van der Waals surface area contributed by atoms with Crippen molar-refractivity contribution in [2.24, 2.45) is 11.0 Å². The Bertz CT molecular complexity index is 697. The molecule has 0 aliphatic rings. The topological polar surface area (TPSA) is 36.9 Å². The number of rotatable bonds is 8. The van der Waals surface area contributed by atoms with Crippen LogP contribution in [-0.4, -0.2) is 38.4 Å². The summed E-state index contributed by atoms with van der Waals surface area (Å²) < 4.78 is 5.20. The standard InChI is InChI=1S/C21H27N3O.ClH/c1-17(16-24(2)3)21(23-22-19-8-6-5-7-9-19)15-12-18-10-13-20(25-4)14-11-18;/h5-15,17,22H,16H2,1-4H3;1H/b15-12+,23-21-;. The largest absolute Gasteiger partial charge is 0.497 e. The number of allylic oxidation sites excluding steroid dienone is 1. The summed E-state index contributed by atoms with van der Waals surface area (Å²) in [5, 5.41) is 4.62. The van der Waals surface area contributed by atoms with E-state index in [9.17, 15) is 0 Å². The second-order valence-electron chi connectivity index (χ2n) is 6.28. The lowest BCUT2D eigenvalue weighted by molar-refractivity contribution is 0.381. The van der Waals surface area contributed by atoms with Gasteiger partial charge < -0.3 is 9.64 Å². The van der Waals surface area contributed by atoms with Gasteiger partial charge in [0.25, 0.3) is 0 Å². The molecule has 1 unspecified atom stereocenters. The quantitative estimate of drug-likeness (QED) is 0.533. The Labute approximate surface area is 163 Å². The van der Waals surface area contributed by atoms with Crippen LogP contribution in [0.25, 0.3) is 6.08 Å². The number of hydrogen-bond donors (Lipinski definition) is 1. The first-order chi connectivity index (χ1) is 12.1. The molecule has 0 spiro atoms. The summed E-state index contributed by atoms with van der Waals surface area (Å²) in [6, 6.07) is 18.0. The molecule has 0 radical (unpaired) electrons. The first-order valence-electron chi connectivity index (χ1n) is 8.44. The van der Waals surface area contributed by atoms with Crippen LogP contribution in [0.1, 0.15) is 12.5 Å². The van der Waals surface area contributed by atoms with Crippen LogP contribution in [0, 0.1) is 5.92 Å². The van der Waals surface area contributed by atoms with Crippen LogP contribution in [0.4, 0.5) is 5.69 Å². The van der Waals surface area contributed by atoms with Crippen LogP contribution in [0.2, 0.25) is 0 Å². The van der Waals surface area contributed by atoms with Crippen molar-refractivity contribution in [2.75, 3.05) is 33.2 Å². The molecule has 0 saturated heterocycles. The number of para-hydroxylation sites is 1. The molecule has 1 N–H and O–H groups in total. The van der Waals surface area contributed by atoms with Gasteiger partial charge in [0.1, 0.15) is 5.75 Å². The summed E-state index contributed by atoms with van der Waals surface area (Å²) in [5.41, 5.74) is 6.26. The van der Waals surface area contributed by atoms with E-state index in [1.54, 1.807) is 7.11 Å². The Balaban J connectivity index is 0.00000338. The van der Waals surface area contributed by atoms with Crippen LogP contribution in [0.3, 0.4) is 0 Å². The van der Waals surface area contributed by atoms with Crippen molar-refractivity contribution in [1.82, 2.24) is 4.90 Å². The Morgan fingerprint density at radius 1 is 1.12 bits per heavy atom. The summed E-state index contributed by atoms with van der Waals surface area (Å²) in [4.78, 5) is 2.17. The highest BCUT2D eigenvalue weighted by molar-refractivity contribution is 6.00. The summed E-state index contributed by atoms with van der Waals surface area (Å²) >= 11 is 0. The van der Waals surface area contributed by atoms with Crippen LogP contribution < -0.4 is 10.2 Å². The van der Waals surface area contributed by atoms with Gasteiger partial charge in [-0.15, -0.1) is 12.4 Å². The molecule has 2 rings (SSSR count). The van der Waals surface area contributed by atoms with E-state index in [1.807, 2.05) is 54.6 Å². The van der Waals surface area contributed by atoms with Gasteiger partial charge in [-0.3, -0.25) is 5.43 Å².